The topological polar surface area (TPSA) is 41.6 Å². The maximum atomic E-state index is 12.6. The highest BCUT2D eigenvalue weighted by atomic mass is 35.5. The van der Waals surface area contributed by atoms with Crippen LogP contribution in [-0.4, -0.2) is 42.6 Å². The molecule has 158 valence electrons. The molecule has 1 heterocycles. The molecule has 0 unspecified atom stereocenters. The summed E-state index contributed by atoms with van der Waals surface area (Å²) in [5.41, 5.74) is 1.32. The lowest BCUT2D eigenvalue weighted by Crippen LogP contribution is -2.52. The first-order chi connectivity index (χ1) is 14.1. The second-order valence-electron chi connectivity index (χ2n) is 9.87. The number of hydrogen-bond acceptors (Lipinski definition) is 3. The zero-order chi connectivity index (χ0) is 19.8. The zero-order valence-electron chi connectivity index (χ0n) is 17.2. The standard InChI is InChI=1S/C24H33ClN2O2/c25-21-8-6-16(7-9-21)12-27-13-19-10-22(26-24(28)18-2-1-3-18)23(11-20(19)14-27)29-15-17-4-5-17/h6-9,17-20,22-23H,1-5,10-15H2,(H,26,28)/t19-,20+,22-,23-/m0/s1. The van der Waals surface area contributed by atoms with Crippen molar-refractivity contribution in [2.24, 2.45) is 23.7 Å². The molecule has 0 bridgehead atoms. The molecule has 1 aromatic rings. The number of halogens is 1. The average Bonchev–Trinajstić information content (AvgIpc) is 3.40. The fourth-order valence-electron chi connectivity index (χ4n) is 5.34. The number of carbonyl (C=O) groups is 1. The van der Waals surface area contributed by atoms with E-state index in [1.54, 1.807) is 0 Å². The van der Waals surface area contributed by atoms with Crippen LogP contribution in [-0.2, 0) is 16.1 Å². The Kier molecular flexibility index (Phi) is 5.86. The Bertz CT molecular complexity index is 716. The minimum atomic E-state index is 0.191. The van der Waals surface area contributed by atoms with Gasteiger partial charge in [0.25, 0.3) is 0 Å². The molecule has 3 aliphatic carbocycles. The summed E-state index contributed by atoms with van der Waals surface area (Å²) in [6.45, 7) is 4.13. The van der Waals surface area contributed by atoms with E-state index in [0.717, 1.165) is 62.9 Å². The average molecular weight is 417 g/mol. The predicted molar refractivity (Wildman–Crippen MR) is 115 cm³/mol. The number of amides is 1. The highest BCUT2D eigenvalue weighted by molar-refractivity contribution is 6.30. The van der Waals surface area contributed by atoms with Gasteiger partial charge < -0.3 is 10.1 Å². The second kappa shape index (κ2) is 8.56. The SMILES string of the molecule is O=C(N[C@H]1C[C@H]2CN(Cc3ccc(Cl)cc3)C[C@H]2C[C@@H]1OCC1CC1)C1CCC1. The first-order valence-corrected chi connectivity index (χ1v) is 11.9. The van der Waals surface area contributed by atoms with Crippen molar-refractivity contribution in [2.45, 2.75) is 63.6 Å². The first kappa shape index (κ1) is 19.8. The van der Waals surface area contributed by atoms with Crippen molar-refractivity contribution in [1.82, 2.24) is 10.2 Å². The summed E-state index contributed by atoms with van der Waals surface area (Å²) >= 11 is 6.03. The lowest BCUT2D eigenvalue weighted by Gasteiger charge is -2.39. The first-order valence-electron chi connectivity index (χ1n) is 11.5. The molecule has 4 atom stereocenters. The molecular weight excluding hydrogens is 384 g/mol. The van der Waals surface area contributed by atoms with Crippen molar-refractivity contribution in [1.29, 1.82) is 0 Å². The Labute approximate surface area is 179 Å². The molecule has 0 radical (unpaired) electrons. The van der Waals surface area contributed by atoms with Gasteiger partial charge in [0.05, 0.1) is 12.1 Å². The lowest BCUT2D eigenvalue weighted by molar-refractivity contribution is -0.130. The molecule has 1 N–H and O–H groups in total. The van der Waals surface area contributed by atoms with Crippen LogP contribution in [0.3, 0.4) is 0 Å². The van der Waals surface area contributed by atoms with Gasteiger partial charge in [0.1, 0.15) is 0 Å². The van der Waals surface area contributed by atoms with E-state index in [0.29, 0.717) is 11.8 Å². The van der Waals surface area contributed by atoms with Crippen LogP contribution < -0.4 is 5.32 Å². The van der Waals surface area contributed by atoms with Gasteiger partial charge in [-0.3, -0.25) is 9.69 Å². The van der Waals surface area contributed by atoms with E-state index >= 15 is 0 Å². The van der Waals surface area contributed by atoms with Gasteiger partial charge in [-0.1, -0.05) is 30.2 Å². The van der Waals surface area contributed by atoms with Gasteiger partial charge in [-0.15, -0.1) is 0 Å². The van der Waals surface area contributed by atoms with Gasteiger partial charge in [0.2, 0.25) is 5.91 Å². The van der Waals surface area contributed by atoms with E-state index in [4.69, 9.17) is 16.3 Å². The van der Waals surface area contributed by atoms with Crippen molar-refractivity contribution >= 4 is 17.5 Å². The number of benzene rings is 1. The minimum absolute atomic E-state index is 0.191. The van der Waals surface area contributed by atoms with E-state index in [-0.39, 0.29) is 24.0 Å². The van der Waals surface area contributed by atoms with Crippen molar-refractivity contribution in [3.8, 4) is 0 Å². The van der Waals surface area contributed by atoms with Crippen molar-refractivity contribution in [3.05, 3.63) is 34.9 Å². The zero-order valence-corrected chi connectivity index (χ0v) is 17.9. The van der Waals surface area contributed by atoms with Crippen LogP contribution in [0.15, 0.2) is 24.3 Å². The molecule has 1 aromatic carbocycles. The van der Waals surface area contributed by atoms with Gasteiger partial charge >= 0.3 is 0 Å². The minimum Gasteiger partial charge on any atom is -0.376 e. The number of rotatable bonds is 7. The number of ether oxygens (including phenoxy) is 1. The summed E-state index contributed by atoms with van der Waals surface area (Å²) in [6.07, 6.45) is 8.30. The van der Waals surface area contributed by atoms with Crippen LogP contribution in [0.5, 0.6) is 0 Å². The van der Waals surface area contributed by atoms with E-state index in [2.05, 4.69) is 22.3 Å². The van der Waals surface area contributed by atoms with Gasteiger partial charge in [-0.05, 0) is 74.0 Å². The fourth-order valence-corrected chi connectivity index (χ4v) is 5.46. The van der Waals surface area contributed by atoms with Crippen LogP contribution >= 0.6 is 11.6 Å². The molecule has 4 aliphatic rings. The summed E-state index contributed by atoms with van der Waals surface area (Å²) in [6, 6.07) is 8.42. The molecule has 5 rings (SSSR count). The maximum Gasteiger partial charge on any atom is 0.223 e. The number of fused-ring (bicyclic) bond motifs is 1. The highest BCUT2D eigenvalue weighted by Crippen LogP contribution is 2.40. The summed E-state index contributed by atoms with van der Waals surface area (Å²) in [5.74, 6) is 2.64. The molecule has 29 heavy (non-hydrogen) atoms. The second-order valence-corrected chi connectivity index (χ2v) is 10.3. The third kappa shape index (κ3) is 4.81. The molecular formula is C24H33ClN2O2. The Morgan fingerprint density at radius 2 is 1.79 bits per heavy atom. The van der Waals surface area contributed by atoms with Gasteiger partial charge in [-0.25, -0.2) is 0 Å². The van der Waals surface area contributed by atoms with E-state index in [1.807, 2.05) is 12.1 Å². The normalized spacial score (nSPS) is 32.6. The van der Waals surface area contributed by atoms with E-state index < -0.39 is 0 Å². The van der Waals surface area contributed by atoms with Gasteiger partial charge in [-0.2, -0.15) is 0 Å². The quantitative estimate of drug-likeness (QED) is 0.721. The molecule has 0 spiro atoms. The molecule has 1 saturated heterocycles. The van der Waals surface area contributed by atoms with Gasteiger partial charge in [0.15, 0.2) is 0 Å². The third-order valence-electron chi connectivity index (χ3n) is 7.56. The monoisotopic (exact) mass is 416 g/mol. The smallest absolute Gasteiger partial charge is 0.223 e. The van der Waals surface area contributed by atoms with Crippen LogP contribution in [0.2, 0.25) is 5.02 Å². The molecule has 4 fully saturated rings. The van der Waals surface area contributed by atoms with Crippen LogP contribution in [0.25, 0.3) is 0 Å². The third-order valence-corrected chi connectivity index (χ3v) is 7.81. The van der Waals surface area contributed by atoms with Crippen molar-refractivity contribution < 1.29 is 9.53 Å². The largest absolute Gasteiger partial charge is 0.376 e. The number of carbonyl (C=O) groups excluding carboxylic acids is 1. The lowest BCUT2D eigenvalue weighted by atomic mass is 9.76. The number of nitrogens with one attached hydrogen (secondary N) is 1. The molecule has 1 amide bonds. The summed E-state index contributed by atoms with van der Waals surface area (Å²) < 4.78 is 6.38. The van der Waals surface area contributed by atoms with E-state index in [9.17, 15) is 4.79 Å². The Balaban J connectivity index is 1.21. The van der Waals surface area contributed by atoms with Gasteiger partial charge in [0, 0.05) is 37.2 Å². The summed E-state index contributed by atoms with van der Waals surface area (Å²) in [4.78, 5) is 15.2. The Morgan fingerprint density at radius 3 is 2.45 bits per heavy atom. The molecule has 3 saturated carbocycles. The fraction of sp³-hybridized carbons (Fsp3) is 0.708. The molecule has 4 nitrogen and oxygen atoms in total. The van der Waals surface area contributed by atoms with Crippen LogP contribution in [0.4, 0.5) is 0 Å². The summed E-state index contributed by atoms with van der Waals surface area (Å²) in [5, 5.41) is 4.20. The van der Waals surface area contributed by atoms with E-state index in [1.165, 1.54) is 24.8 Å². The van der Waals surface area contributed by atoms with Crippen molar-refractivity contribution in [2.75, 3.05) is 19.7 Å². The molecule has 1 aliphatic heterocycles. The molecule has 5 heteroatoms. The predicted octanol–water partition coefficient (Wildman–Crippen LogP) is 4.26. The number of hydrogen-bond donors (Lipinski definition) is 1. The highest BCUT2D eigenvalue weighted by Gasteiger charge is 2.44. The van der Waals surface area contributed by atoms with Crippen LogP contribution in [0, 0.1) is 23.7 Å². The number of likely N-dealkylation sites (tertiary alicyclic amines) is 1. The Morgan fingerprint density at radius 1 is 1.07 bits per heavy atom. The molecule has 0 aromatic heterocycles. The van der Waals surface area contributed by atoms with Crippen LogP contribution in [0.1, 0.15) is 50.5 Å². The number of nitrogens with zero attached hydrogens (tertiary/aromatic N) is 1. The Hall–Kier alpha value is -1.10. The maximum absolute atomic E-state index is 12.6. The summed E-state index contributed by atoms with van der Waals surface area (Å²) in [7, 11) is 0. The van der Waals surface area contributed by atoms with Crippen molar-refractivity contribution in [3.63, 3.8) is 0 Å².